The van der Waals surface area contributed by atoms with Crippen LogP contribution in [0.3, 0.4) is 0 Å². The van der Waals surface area contributed by atoms with E-state index in [1.54, 1.807) is 17.0 Å². The number of Topliss-reactive ketones (excluding diaryl/α,β-unsaturated/α-hetero) is 1. The van der Waals surface area contributed by atoms with E-state index in [1.165, 1.54) is 6.92 Å². The third kappa shape index (κ3) is 4.09. The van der Waals surface area contributed by atoms with Gasteiger partial charge >= 0.3 is 0 Å². The number of nitrogens with one attached hydrogen (secondary N) is 1. The number of rotatable bonds is 6. The molecule has 104 valence electrons. The molecule has 0 aliphatic heterocycles. The molecule has 1 rings (SSSR count). The molecule has 1 atom stereocenters. The van der Waals surface area contributed by atoms with Gasteiger partial charge in [0.25, 0.3) is 0 Å². The van der Waals surface area contributed by atoms with Crippen molar-refractivity contribution in [2.45, 2.75) is 33.7 Å². The summed E-state index contributed by atoms with van der Waals surface area (Å²) in [6.45, 7) is 8.75. The van der Waals surface area contributed by atoms with E-state index in [4.69, 9.17) is 0 Å². The molecule has 4 nitrogen and oxygen atoms in total. The average Bonchev–Trinajstić information content (AvgIpc) is 2.40. The zero-order valence-electron chi connectivity index (χ0n) is 12.1. The van der Waals surface area contributed by atoms with Gasteiger partial charge in [-0.05, 0) is 52.0 Å². The zero-order valence-corrected chi connectivity index (χ0v) is 12.1. The Morgan fingerprint density at radius 1 is 1.16 bits per heavy atom. The Balaban J connectivity index is 2.68. The Morgan fingerprint density at radius 2 is 1.68 bits per heavy atom. The summed E-state index contributed by atoms with van der Waals surface area (Å²) in [5, 5.41) is 3.15. The molecule has 0 spiro atoms. The van der Waals surface area contributed by atoms with E-state index in [0.717, 1.165) is 5.69 Å². The highest BCUT2D eigenvalue weighted by Gasteiger charge is 2.17. The third-order valence-electron chi connectivity index (χ3n) is 3.12. The van der Waals surface area contributed by atoms with Crippen molar-refractivity contribution in [3.8, 4) is 0 Å². The van der Waals surface area contributed by atoms with E-state index in [1.807, 2.05) is 32.9 Å². The lowest BCUT2D eigenvalue weighted by atomic mass is 10.1. The number of hydrogen-bond donors (Lipinski definition) is 1. The number of nitrogens with zero attached hydrogens (tertiary/aromatic N) is 1. The van der Waals surface area contributed by atoms with E-state index in [2.05, 4.69) is 5.32 Å². The van der Waals surface area contributed by atoms with E-state index < -0.39 is 0 Å². The molecule has 0 aromatic heterocycles. The smallest absolute Gasteiger partial charge is 0.244 e. The van der Waals surface area contributed by atoms with Gasteiger partial charge in [0, 0.05) is 24.3 Å². The van der Waals surface area contributed by atoms with Crippen molar-refractivity contribution >= 4 is 17.4 Å². The van der Waals surface area contributed by atoms with Gasteiger partial charge in [-0.15, -0.1) is 0 Å². The fourth-order valence-corrected chi connectivity index (χ4v) is 1.92. The number of benzene rings is 1. The third-order valence-corrected chi connectivity index (χ3v) is 3.12. The van der Waals surface area contributed by atoms with Gasteiger partial charge in [0.05, 0.1) is 0 Å². The molecule has 0 aliphatic rings. The highest BCUT2D eigenvalue weighted by Crippen LogP contribution is 2.12. The molecule has 1 aromatic carbocycles. The first-order chi connectivity index (χ1) is 8.99. The molecule has 4 heteroatoms. The van der Waals surface area contributed by atoms with Crippen LogP contribution in [0.2, 0.25) is 0 Å². The number of anilines is 1. The molecule has 0 bridgehead atoms. The lowest BCUT2D eigenvalue weighted by molar-refractivity contribution is -0.131. The summed E-state index contributed by atoms with van der Waals surface area (Å²) >= 11 is 0. The molecular weight excluding hydrogens is 240 g/mol. The Bertz CT molecular complexity index is 436. The minimum atomic E-state index is -0.275. The van der Waals surface area contributed by atoms with E-state index in [9.17, 15) is 9.59 Å². The first kappa shape index (κ1) is 15.2. The second-order valence-electron chi connectivity index (χ2n) is 4.51. The van der Waals surface area contributed by atoms with Gasteiger partial charge in [0.1, 0.15) is 6.04 Å². The molecule has 1 amide bonds. The van der Waals surface area contributed by atoms with Gasteiger partial charge in [0.2, 0.25) is 5.91 Å². The topological polar surface area (TPSA) is 49.4 Å². The van der Waals surface area contributed by atoms with Crippen LogP contribution in [-0.4, -0.2) is 35.7 Å². The number of ketones is 1. The van der Waals surface area contributed by atoms with E-state index in [0.29, 0.717) is 18.7 Å². The Hall–Kier alpha value is -1.84. The van der Waals surface area contributed by atoms with E-state index >= 15 is 0 Å². The monoisotopic (exact) mass is 262 g/mol. The summed E-state index contributed by atoms with van der Waals surface area (Å²) < 4.78 is 0. The van der Waals surface area contributed by atoms with Gasteiger partial charge in [-0.2, -0.15) is 0 Å². The fourth-order valence-electron chi connectivity index (χ4n) is 1.92. The summed E-state index contributed by atoms with van der Waals surface area (Å²) in [6, 6.07) is 6.90. The molecule has 0 heterocycles. The van der Waals surface area contributed by atoms with Crippen LogP contribution in [-0.2, 0) is 4.79 Å². The quantitative estimate of drug-likeness (QED) is 0.802. The first-order valence-electron chi connectivity index (χ1n) is 6.65. The molecule has 1 unspecified atom stereocenters. The molecule has 0 saturated carbocycles. The number of likely N-dealkylation sites (N-methyl/N-ethyl adjacent to an activating group) is 1. The van der Waals surface area contributed by atoms with Gasteiger partial charge < -0.3 is 10.2 Å². The maximum absolute atomic E-state index is 12.1. The van der Waals surface area contributed by atoms with Crippen molar-refractivity contribution in [1.82, 2.24) is 4.90 Å². The van der Waals surface area contributed by atoms with Crippen molar-refractivity contribution in [1.29, 1.82) is 0 Å². The predicted octanol–water partition coefficient (Wildman–Crippen LogP) is 2.56. The van der Waals surface area contributed by atoms with Crippen LogP contribution in [0.5, 0.6) is 0 Å². The van der Waals surface area contributed by atoms with Crippen LogP contribution < -0.4 is 5.32 Å². The fraction of sp³-hybridized carbons (Fsp3) is 0.467. The first-order valence-corrected chi connectivity index (χ1v) is 6.65. The van der Waals surface area contributed by atoms with Crippen LogP contribution in [0, 0.1) is 0 Å². The summed E-state index contributed by atoms with van der Waals surface area (Å²) in [4.78, 5) is 25.1. The number of carbonyl (C=O) groups excluding carboxylic acids is 2. The SMILES string of the molecule is CCN(CC)C(=O)C(C)Nc1ccc(C(C)=O)cc1. The van der Waals surface area contributed by atoms with Gasteiger partial charge in [-0.1, -0.05) is 0 Å². The normalized spacial score (nSPS) is 11.8. The standard InChI is InChI=1S/C15H22N2O2/c1-5-17(6-2)15(19)11(3)16-14-9-7-13(8-10-14)12(4)18/h7-11,16H,5-6H2,1-4H3. The van der Waals surface area contributed by atoms with Crippen molar-refractivity contribution in [3.05, 3.63) is 29.8 Å². The van der Waals surface area contributed by atoms with Crippen molar-refractivity contribution < 1.29 is 9.59 Å². The average molecular weight is 262 g/mol. The molecule has 0 radical (unpaired) electrons. The summed E-state index contributed by atoms with van der Waals surface area (Å²) in [5.74, 6) is 0.125. The summed E-state index contributed by atoms with van der Waals surface area (Å²) in [5.41, 5.74) is 1.52. The second kappa shape index (κ2) is 6.92. The minimum absolute atomic E-state index is 0.0406. The second-order valence-corrected chi connectivity index (χ2v) is 4.51. The Kier molecular flexibility index (Phi) is 5.55. The molecule has 0 fully saturated rings. The zero-order chi connectivity index (χ0) is 14.4. The lowest BCUT2D eigenvalue weighted by Crippen LogP contribution is -2.41. The largest absolute Gasteiger partial charge is 0.374 e. The van der Waals surface area contributed by atoms with E-state index in [-0.39, 0.29) is 17.7 Å². The summed E-state index contributed by atoms with van der Waals surface area (Å²) in [7, 11) is 0. The number of carbonyl (C=O) groups is 2. The highest BCUT2D eigenvalue weighted by atomic mass is 16.2. The van der Waals surface area contributed by atoms with Crippen LogP contribution in [0.15, 0.2) is 24.3 Å². The highest BCUT2D eigenvalue weighted by molar-refractivity contribution is 5.94. The molecule has 1 aromatic rings. The maximum Gasteiger partial charge on any atom is 0.244 e. The van der Waals surface area contributed by atoms with Crippen molar-refractivity contribution in [2.75, 3.05) is 18.4 Å². The maximum atomic E-state index is 12.1. The van der Waals surface area contributed by atoms with Crippen LogP contribution in [0.4, 0.5) is 5.69 Å². The summed E-state index contributed by atoms with van der Waals surface area (Å²) in [6.07, 6.45) is 0. The molecule has 19 heavy (non-hydrogen) atoms. The molecule has 0 saturated heterocycles. The van der Waals surface area contributed by atoms with Crippen LogP contribution in [0.25, 0.3) is 0 Å². The molecule has 1 N–H and O–H groups in total. The molecule has 0 aliphatic carbocycles. The van der Waals surface area contributed by atoms with Crippen LogP contribution in [0.1, 0.15) is 38.1 Å². The molecular formula is C15H22N2O2. The minimum Gasteiger partial charge on any atom is -0.374 e. The Labute approximate surface area is 114 Å². The Morgan fingerprint density at radius 3 is 2.11 bits per heavy atom. The van der Waals surface area contributed by atoms with Gasteiger partial charge in [-0.3, -0.25) is 9.59 Å². The van der Waals surface area contributed by atoms with Crippen molar-refractivity contribution in [3.63, 3.8) is 0 Å². The number of amides is 1. The van der Waals surface area contributed by atoms with Gasteiger partial charge in [-0.25, -0.2) is 0 Å². The lowest BCUT2D eigenvalue weighted by Gasteiger charge is -2.24. The number of hydrogen-bond acceptors (Lipinski definition) is 3. The van der Waals surface area contributed by atoms with Crippen LogP contribution >= 0.6 is 0 Å². The predicted molar refractivity (Wildman–Crippen MR) is 77.5 cm³/mol. The van der Waals surface area contributed by atoms with Crippen molar-refractivity contribution in [2.24, 2.45) is 0 Å². The van der Waals surface area contributed by atoms with Gasteiger partial charge in [0.15, 0.2) is 5.78 Å².